The summed E-state index contributed by atoms with van der Waals surface area (Å²) in [5, 5.41) is 0. The third kappa shape index (κ3) is 1.57. The molecule has 0 heteroatoms. The second kappa shape index (κ2) is 2.55. The molecule has 2 atom stereocenters. The van der Waals surface area contributed by atoms with Crippen molar-refractivity contribution in [2.24, 2.45) is 11.8 Å². The monoisotopic (exact) mass is 124 g/mol. The number of allylic oxidation sites excluding steroid dienone is 2. The Balaban J connectivity index is 2.54. The molecule has 0 aromatic rings. The third-order valence-electron chi connectivity index (χ3n) is 2.45. The van der Waals surface area contributed by atoms with Gasteiger partial charge in [0, 0.05) is 0 Å². The van der Waals surface area contributed by atoms with Crippen LogP contribution in [0.15, 0.2) is 11.6 Å². The maximum Gasteiger partial charge on any atom is -0.0295 e. The van der Waals surface area contributed by atoms with Crippen molar-refractivity contribution in [3.05, 3.63) is 11.6 Å². The van der Waals surface area contributed by atoms with Crippen LogP contribution >= 0.6 is 0 Å². The van der Waals surface area contributed by atoms with Gasteiger partial charge in [0.25, 0.3) is 0 Å². The minimum Gasteiger partial charge on any atom is -0.0853 e. The second-order valence-electron chi connectivity index (χ2n) is 3.44. The molecule has 0 saturated heterocycles. The maximum absolute atomic E-state index is 2.38. The Morgan fingerprint density at radius 1 is 1.33 bits per heavy atom. The molecule has 0 spiro atoms. The summed E-state index contributed by atoms with van der Waals surface area (Å²) in [5.41, 5.74) is 1.58. The lowest BCUT2D eigenvalue weighted by atomic mass is 9.83. The average Bonchev–Trinajstić information content (AvgIpc) is 1.80. The first-order chi connectivity index (χ1) is 4.20. The predicted molar refractivity (Wildman–Crippen MR) is 41.3 cm³/mol. The van der Waals surface area contributed by atoms with Gasteiger partial charge < -0.3 is 0 Å². The van der Waals surface area contributed by atoms with Crippen LogP contribution in [0.5, 0.6) is 0 Å². The summed E-state index contributed by atoms with van der Waals surface area (Å²) in [6.45, 7) is 6.93. The van der Waals surface area contributed by atoms with Crippen LogP contribution < -0.4 is 0 Å². The SMILES string of the molecule is CC1=CC[C@@H](C)C(C)C1. The van der Waals surface area contributed by atoms with Gasteiger partial charge in [-0.2, -0.15) is 0 Å². The fourth-order valence-corrected chi connectivity index (χ4v) is 1.41. The molecule has 1 aliphatic rings. The lowest BCUT2D eigenvalue weighted by molar-refractivity contribution is 0.369. The number of rotatable bonds is 0. The van der Waals surface area contributed by atoms with Gasteiger partial charge in [-0.3, -0.25) is 0 Å². The van der Waals surface area contributed by atoms with E-state index in [-0.39, 0.29) is 0 Å². The predicted octanol–water partition coefficient (Wildman–Crippen LogP) is 3.00. The zero-order chi connectivity index (χ0) is 6.85. The molecule has 0 N–H and O–H groups in total. The molecule has 0 radical (unpaired) electrons. The molecule has 1 rings (SSSR count). The molecule has 0 amide bonds. The summed E-state index contributed by atoms with van der Waals surface area (Å²) in [6, 6.07) is 0. The van der Waals surface area contributed by atoms with E-state index in [1.807, 2.05) is 0 Å². The van der Waals surface area contributed by atoms with Gasteiger partial charge >= 0.3 is 0 Å². The first kappa shape index (κ1) is 6.85. The van der Waals surface area contributed by atoms with Gasteiger partial charge in [0.2, 0.25) is 0 Å². The van der Waals surface area contributed by atoms with Gasteiger partial charge in [0.15, 0.2) is 0 Å². The van der Waals surface area contributed by atoms with E-state index < -0.39 is 0 Å². The standard InChI is InChI=1S/C9H16/c1-7-4-5-8(2)9(3)6-7/h4,8-9H,5-6H2,1-3H3/t8-,9?/m1/s1. The maximum atomic E-state index is 2.38. The Kier molecular flexibility index (Phi) is 1.94. The molecular formula is C9H16. The lowest BCUT2D eigenvalue weighted by Gasteiger charge is -2.23. The number of hydrogen-bond donors (Lipinski definition) is 0. The van der Waals surface area contributed by atoms with E-state index in [9.17, 15) is 0 Å². The second-order valence-corrected chi connectivity index (χ2v) is 3.44. The minimum atomic E-state index is 0.911. The van der Waals surface area contributed by atoms with Gasteiger partial charge in [0.05, 0.1) is 0 Å². The van der Waals surface area contributed by atoms with Crippen molar-refractivity contribution >= 4 is 0 Å². The van der Waals surface area contributed by atoms with Gasteiger partial charge in [-0.25, -0.2) is 0 Å². The van der Waals surface area contributed by atoms with Gasteiger partial charge in [-0.1, -0.05) is 25.5 Å². The Morgan fingerprint density at radius 2 is 2.00 bits per heavy atom. The van der Waals surface area contributed by atoms with Crippen LogP contribution in [-0.4, -0.2) is 0 Å². The summed E-state index contributed by atoms with van der Waals surface area (Å²) in [7, 11) is 0. The molecule has 0 aliphatic heterocycles. The van der Waals surface area contributed by atoms with Gasteiger partial charge in [-0.15, -0.1) is 0 Å². The van der Waals surface area contributed by atoms with Crippen molar-refractivity contribution in [2.75, 3.05) is 0 Å². The number of hydrogen-bond acceptors (Lipinski definition) is 0. The quantitative estimate of drug-likeness (QED) is 0.435. The highest BCUT2D eigenvalue weighted by molar-refractivity contribution is 5.04. The summed E-state index contributed by atoms with van der Waals surface area (Å²) in [4.78, 5) is 0. The Bertz CT molecular complexity index is 122. The molecule has 9 heavy (non-hydrogen) atoms. The highest BCUT2D eigenvalue weighted by Gasteiger charge is 2.15. The van der Waals surface area contributed by atoms with Crippen molar-refractivity contribution in [2.45, 2.75) is 33.6 Å². The normalized spacial score (nSPS) is 36.1. The average molecular weight is 124 g/mol. The van der Waals surface area contributed by atoms with Crippen LogP contribution in [0.1, 0.15) is 33.6 Å². The molecule has 0 aromatic carbocycles. The van der Waals surface area contributed by atoms with Gasteiger partial charge in [-0.05, 0) is 31.6 Å². The molecule has 1 aliphatic carbocycles. The molecule has 0 saturated carbocycles. The van der Waals surface area contributed by atoms with E-state index >= 15 is 0 Å². The van der Waals surface area contributed by atoms with Crippen molar-refractivity contribution < 1.29 is 0 Å². The van der Waals surface area contributed by atoms with Crippen LogP contribution in [0.3, 0.4) is 0 Å². The fraction of sp³-hybridized carbons (Fsp3) is 0.778. The van der Waals surface area contributed by atoms with Crippen molar-refractivity contribution in [3.8, 4) is 0 Å². The molecule has 0 heterocycles. The summed E-state index contributed by atoms with van der Waals surface area (Å²) >= 11 is 0. The summed E-state index contributed by atoms with van der Waals surface area (Å²) < 4.78 is 0. The molecule has 0 bridgehead atoms. The molecule has 0 fully saturated rings. The van der Waals surface area contributed by atoms with E-state index in [4.69, 9.17) is 0 Å². The summed E-state index contributed by atoms with van der Waals surface area (Å²) in [6.07, 6.45) is 5.00. The van der Waals surface area contributed by atoms with Crippen LogP contribution in [0.4, 0.5) is 0 Å². The Labute approximate surface area is 58.0 Å². The van der Waals surface area contributed by atoms with Crippen LogP contribution in [0, 0.1) is 11.8 Å². The Hall–Kier alpha value is -0.260. The van der Waals surface area contributed by atoms with Crippen LogP contribution in [-0.2, 0) is 0 Å². The van der Waals surface area contributed by atoms with E-state index in [0.717, 1.165) is 11.8 Å². The topological polar surface area (TPSA) is 0 Å². The molecule has 0 aromatic heterocycles. The first-order valence-electron chi connectivity index (χ1n) is 3.86. The Morgan fingerprint density at radius 3 is 2.44 bits per heavy atom. The molecule has 0 nitrogen and oxygen atoms in total. The van der Waals surface area contributed by atoms with E-state index in [1.165, 1.54) is 12.8 Å². The minimum absolute atomic E-state index is 0.911. The highest BCUT2D eigenvalue weighted by Crippen LogP contribution is 2.27. The zero-order valence-corrected chi connectivity index (χ0v) is 6.65. The van der Waals surface area contributed by atoms with Crippen LogP contribution in [0.25, 0.3) is 0 Å². The molecular weight excluding hydrogens is 108 g/mol. The van der Waals surface area contributed by atoms with Crippen molar-refractivity contribution in [1.29, 1.82) is 0 Å². The fourth-order valence-electron chi connectivity index (χ4n) is 1.41. The third-order valence-corrected chi connectivity index (χ3v) is 2.45. The smallest absolute Gasteiger partial charge is 0.0295 e. The zero-order valence-electron chi connectivity index (χ0n) is 6.65. The van der Waals surface area contributed by atoms with E-state index in [0.29, 0.717) is 0 Å². The molecule has 1 unspecified atom stereocenters. The van der Waals surface area contributed by atoms with E-state index in [1.54, 1.807) is 5.57 Å². The van der Waals surface area contributed by atoms with Crippen molar-refractivity contribution in [1.82, 2.24) is 0 Å². The summed E-state index contributed by atoms with van der Waals surface area (Å²) in [5.74, 6) is 1.82. The van der Waals surface area contributed by atoms with E-state index in [2.05, 4.69) is 26.8 Å². The van der Waals surface area contributed by atoms with Crippen LogP contribution in [0.2, 0.25) is 0 Å². The largest absolute Gasteiger partial charge is 0.0853 e. The lowest BCUT2D eigenvalue weighted by Crippen LogP contribution is -2.11. The van der Waals surface area contributed by atoms with Crippen molar-refractivity contribution in [3.63, 3.8) is 0 Å². The molecule has 52 valence electrons. The highest BCUT2D eigenvalue weighted by atomic mass is 14.2. The van der Waals surface area contributed by atoms with Gasteiger partial charge in [0.1, 0.15) is 0 Å². The first-order valence-corrected chi connectivity index (χ1v) is 3.86.